The summed E-state index contributed by atoms with van der Waals surface area (Å²) in [6.45, 7) is 0.880. The van der Waals surface area contributed by atoms with E-state index in [-0.39, 0.29) is 17.9 Å². The van der Waals surface area contributed by atoms with Crippen LogP contribution in [0.4, 0.5) is 11.4 Å². The molecule has 4 nitrogen and oxygen atoms in total. The molecule has 0 spiro atoms. The normalized spacial score (nSPS) is 20.6. The number of carbonyl (C=O) groups excluding carboxylic acids is 2. The monoisotopic (exact) mass is 424 g/mol. The summed E-state index contributed by atoms with van der Waals surface area (Å²) in [4.78, 5) is 29.4. The second-order valence-corrected chi connectivity index (χ2v) is 7.87. The fraction of sp³-hybridized carbons (Fsp3) is 0.273. The largest absolute Gasteiger partial charge is 0.364 e. The molecule has 2 heterocycles. The molecule has 0 radical (unpaired) electrons. The number of benzene rings is 2. The summed E-state index contributed by atoms with van der Waals surface area (Å²) in [5, 5.41) is 0. The number of carbonyl (C=O) groups is 2. The first-order valence-electron chi connectivity index (χ1n) is 9.32. The maximum atomic E-state index is 13.2. The van der Waals surface area contributed by atoms with Crippen LogP contribution < -0.4 is 9.80 Å². The molecule has 0 aliphatic carbocycles. The Balaban J connectivity index is 1.68. The lowest BCUT2D eigenvalue weighted by Gasteiger charge is -2.33. The van der Waals surface area contributed by atoms with E-state index < -0.39 is 0 Å². The van der Waals surface area contributed by atoms with Gasteiger partial charge in [-0.1, -0.05) is 53.0 Å². The fourth-order valence-corrected chi connectivity index (χ4v) is 4.33. The van der Waals surface area contributed by atoms with E-state index in [1.165, 1.54) is 11.0 Å². The number of anilines is 2. The van der Waals surface area contributed by atoms with Crippen LogP contribution in [0.5, 0.6) is 0 Å². The Kier molecular flexibility index (Phi) is 5.12. The molecule has 1 unspecified atom stereocenters. The minimum absolute atomic E-state index is 0.0769. The molecule has 0 bridgehead atoms. The van der Waals surface area contributed by atoms with Crippen molar-refractivity contribution in [2.75, 3.05) is 16.3 Å². The average molecular weight is 425 g/mol. The van der Waals surface area contributed by atoms with Crippen molar-refractivity contribution in [1.29, 1.82) is 0 Å². The molecule has 2 aliphatic rings. The zero-order chi connectivity index (χ0) is 18.8. The predicted molar refractivity (Wildman–Crippen MR) is 111 cm³/mol. The van der Waals surface area contributed by atoms with Gasteiger partial charge in [0.2, 0.25) is 0 Å². The van der Waals surface area contributed by atoms with E-state index in [4.69, 9.17) is 0 Å². The van der Waals surface area contributed by atoms with Gasteiger partial charge in [-0.3, -0.25) is 9.59 Å². The van der Waals surface area contributed by atoms with E-state index in [9.17, 15) is 9.59 Å². The van der Waals surface area contributed by atoms with Gasteiger partial charge in [-0.05, 0) is 43.2 Å². The van der Waals surface area contributed by atoms with E-state index in [1.807, 2.05) is 30.3 Å². The summed E-state index contributed by atoms with van der Waals surface area (Å²) in [5.41, 5.74) is 2.31. The van der Waals surface area contributed by atoms with Crippen LogP contribution in [-0.4, -0.2) is 24.4 Å². The lowest BCUT2D eigenvalue weighted by Crippen LogP contribution is -2.40. The number of hydrogen-bond donors (Lipinski definition) is 0. The van der Waals surface area contributed by atoms with Gasteiger partial charge < -0.3 is 4.90 Å². The number of rotatable bonds is 3. The quantitative estimate of drug-likeness (QED) is 0.670. The third-order valence-corrected chi connectivity index (χ3v) is 5.71. The van der Waals surface area contributed by atoms with Crippen molar-refractivity contribution >= 4 is 39.1 Å². The van der Waals surface area contributed by atoms with E-state index in [0.29, 0.717) is 11.3 Å². The van der Waals surface area contributed by atoms with E-state index >= 15 is 0 Å². The van der Waals surface area contributed by atoms with Gasteiger partial charge in [-0.2, -0.15) is 0 Å². The van der Waals surface area contributed by atoms with Crippen LogP contribution in [-0.2, 0) is 9.59 Å². The Hall–Kier alpha value is -2.40. The number of amides is 2. The molecule has 0 aromatic heterocycles. The first kappa shape index (κ1) is 18.0. The minimum Gasteiger partial charge on any atom is -0.364 e. The van der Waals surface area contributed by atoms with E-state index in [1.54, 1.807) is 12.1 Å². The summed E-state index contributed by atoms with van der Waals surface area (Å²) in [6, 6.07) is 17.2. The summed E-state index contributed by atoms with van der Waals surface area (Å²) >= 11 is 3.54. The Labute approximate surface area is 167 Å². The Morgan fingerprint density at radius 3 is 2.44 bits per heavy atom. The molecule has 1 atom stereocenters. The lowest BCUT2D eigenvalue weighted by atomic mass is 10.00. The number of para-hydroxylation sites is 1. The summed E-state index contributed by atoms with van der Waals surface area (Å²) in [6.07, 6.45) is 5.69. The lowest BCUT2D eigenvalue weighted by molar-refractivity contribution is -0.120. The Bertz CT molecular complexity index is 894. The molecule has 1 saturated heterocycles. The third-order valence-electron chi connectivity index (χ3n) is 5.22. The maximum absolute atomic E-state index is 13.2. The first-order valence-corrected chi connectivity index (χ1v) is 10.1. The van der Waals surface area contributed by atoms with Gasteiger partial charge in [-0.15, -0.1) is 0 Å². The van der Waals surface area contributed by atoms with Gasteiger partial charge in [0.05, 0.1) is 11.7 Å². The fourth-order valence-electron chi connectivity index (χ4n) is 3.94. The van der Waals surface area contributed by atoms with Crippen LogP contribution in [0.25, 0.3) is 0 Å². The van der Waals surface area contributed by atoms with Gasteiger partial charge in [0.15, 0.2) is 0 Å². The van der Waals surface area contributed by atoms with Gasteiger partial charge in [-0.25, -0.2) is 4.90 Å². The van der Waals surface area contributed by atoms with Crippen molar-refractivity contribution < 1.29 is 9.59 Å². The highest BCUT2D eigenvalue weighted by atomic mass is 79.9. The topological polar surface area (TPSA) is 40.6 Å². The molecule has 27 heavy (non-hydrogen) atoms. The van der Waals surface area contributed by atoms with Crippen molar-refractivity contribution in [2.45, 2.75) is 31.7 Å². The highest BCUT2D eigenvalue weighted by Crippen LogP contribution is 2.33. The van der Waals surface area contributed by atoms with Gasteiger partial charge in [0.25, 0.3) is 11.8 Å². The number of imide groups is 1. The van der Waals surface area contributed by atoms with E-state index in [2.05, 4.69) is 33.0 Å². The highest BCUT2D eigenvalue weighted by Gasteiger charge is 2.38. The summed E-state index contributed by atoms with van der Waals surface area (Å²) < 4.78 is 1.01. The van der Waals surface area contributed by atoms with Crippen molar-refractivity contribution in [3.05, 3.63) is 70.7 Å². The van der Waals surface area contributed by atoms with Crippen molar-refractivity contribution in [3.8, 4) is 0 Å². The Morgan fingerprint density at radius 1 is 0.889 bits per heavy atom. The van der Waals surface area contributed by atoms with Crippen LogP contribution in [0.1, 0.15) is 25.7 Å². The zero-order valence-electron chi connectivity index (χ0n) is 15.0. The SMILES string of the molecule is O=C1C=C(C2CCCCCN2c2cccc(Br)c2)C(=O)N1c1ccccc1. The first-order chi connectivity index (χ1) is 13.1. The average Bonchev–Trinajstić information content (AvgIpc) is 2.85. The smallest absolute Gasteiger partial charge is 0.263 e. The molecule has 0 saturated carbocycles. The van der Waals surface area contributed by atoms with Crippen LogP contribution >= 0.6 is 15.9 Å². The minimum atomic E-state index is -0.250. The molecule has 2 amide bonds. The van der Waals surface area contributed by atoms with Gasteiger partial charge in [0.1, 0.15) is 0 Å². The van der Waals surface area contributed by atoms with Crippen molar-refractivity contribution in [2.24, 2.45) is 0 Å². The summed E-state index contributed by atoms with van der Waals surface area (Å²) in [7, 11) is 0. The molecule has 1 fully saturated rings. The van der Waals surface area contributed by atoms with Gasteiger partial charge in [0, 0.05) is 28.4 Å². The van der Waals surface area contributed by atoms with Crippen LogP contribution in [0, 0.1) is 0 Å². The standard InChI is InChI=1S/C22H21BrN2O2/c23-16-8-7-11-18(14-16)24-13-6-2-5-12-20(24)19-15-21(26)25(22(19)27)17-9-3-1-4-10-17/h1,3-4,7-11,14-15,20H,2,5-6,12-13H2. The van der Waals surface area contributed by atoms with E-state index in [0.717, 1.165) is 42.4 Å². The molecule has 138 valence electrons. The third kappa shape index (κ3) is 3.56. The number of halogens is 1. The number of hydrogen-bond acceptors (Lipinski definition) is 3. The van der Waals surface area contributed by atoms with Gasteiger partial charge >= 0.3 is 0 Å². The zero-order valence-corrected chi connectivity index (χ0v) is 16.6. The summed E-state index contributed by atoms with van der Waals surface area (Å²) in [5.74, 6) is -0.447. The van der Waals surface area contributed by atoms with Crippen molar-refractivity contribution in [1.82, 2.24) is 0 Å². The molecule has 2 aromatic rings. The number of nitrogens with zero attached hydrogens (tertiary/aromatic N) is 2. The molecule has 2 aliphatic heterocycles. The van der Waals surface area contributed by atoms with Crippen LogP contribution in [0.15, 0.2) is 70.7 Å². The molecule has 0 N–H and O–H groups in total. The maximum Gasteiger partial charge on any atom is 0.263 e. The second kappa shape index (κ2) is 7.69. The predicted octanol–water partition coefficient (Wildman–Crippen LogP) is 4.70. The molecular weight excluding hydrogens is 404 g/mol. The van der Waals surface area contributed by atoms with Crippen LogP contribution in [0.2, 0.25) is 0 Å². The molecule has 4 rings (SSSR count). The molecule has 2 aromatic carbocycles. The molecule has 5 heteroatoms. The highest BCUT2D eigenvalue weighted by molar-refractivity contribution is 9.10. The second-order valence-electron chi connectivity index (χ2n) is 6.95. The van der Waals surface area contributed by atoms with Crippen LogP contribution in [0.3, 0.4) is 0 Å². The van der Waals surface area contributed by atoms with Crippen molar-refractivity contribution in [3.63, 3.8) is 0 Å². The Morgan fingerprint density at radius 2 is 1.67 bits per heavy atom. The molecular formula is C22H21BrN2O2.